The zero-order valence-electron chi connectivity index (χ0n) is 19.1. The molecule has 166 valence electrons. The Labute approximate surface area is 185 Å². The number of hydrogen-bond acceptors (Lipinski definition) is 4. The van der Waals surface area contributed by atoms with Crippen molar-refractivity contribution in [1.82, 2.24) is 4.98 Å². The molecule has 0 bridgehead atoms. The van der Waals surface area contributed by atoms with Crippen LogP contribution in [0.2, 0.25) is 0 Å². The van der Waals surface area contributed by atoms with Gasteiger partial charge in [-0.3, -0.25) is 14.6 Å². The SMILES string of the molecule is CC(=O)O[C@H]1CC[C@@]2(C)C(=CC[C@H]3[C@@H]4CC(=O)[C@H](Cc5ccccn5)[C@@]4(C)CC[C@@H]32)C1. The van der Waals surface area contributed by atoms with Gasteiger partial charge in [-0.25, -0.2) is 0 Å². The zero-order valence-corrected chi connectivity index (χ0v) is 19.1. The first-order valence-corrected chi connectivity index (χ1v) is 12.1. The van der Waals surface area contributed by atoms with Crippen LogP contribution in [0.5, 0.6) is 0 Å². The summed E-state index contributed by atoms with van der Waals surface area (Å²) in [5.74, 6) is 2.11. The number of ether oxygens (including phenoxy) is 1. The minimum absolute atomic E-state index is 0.0399. The van der Waals surface area contributed by atoms with Crippen LogP contribution in [-0.2, 0) is 20.7 Å². The van der Waals surface area contributed by atoms with Gasteiger partial charge in [0.2, 0.25) is 0 Å². The Kier molecular flexibility index (Phi) is 5.10. The predicted molar refractivity (Wildman–Crippen MR) is 119 cm³/mol. The maximum absolute atomic E-state index is 13.2. The normalized spacial score (nSPS) is 41.6. The number of ketones is 1. The Balaban J connectivity index is 1.39. The second-order valence-corrected chi connectivity index (χ2v) is 11.0. The molecule has 31 heavy (non-hydrogen) atoms. The zero-order chi connectivity index (χ0) is 21.8. The fourth-order valence-corrected chi connectivity index (χ4v) is 7.93. The Morgan fingerprint density at radius 3 is 2.74 bits per heavy atom. The highest BCUT2D eigenvalue weighted by molar-refractivity contribution is 5.85. The number of pyridine rings is 1. The molecule has 4 aliphatic rings. The topological polar surface area (TPSA) is 56.3 Å². The van der Waals surface area contributed by atoms with E-state index in [2.05, 4.69) is 31.0 Å². The second-order valence-electron chi connectivity index (χ2n) is 11.0. The number of carbonyl (C=O) groups is 2. The first-order valence-electron chi connectivity index (χ1n) is 12.1. The van der Waals surface area contributed by atoms with Crippen LogP contribution in [0.25, 0.3) is 0 Å². The fraction of sp³-hybridized carbons (Fsp3) is 0.667. The molecule has 3 fully saturated rings. The van der Waals surface area contributed by atoms with Gasteiger partial charge in [0.25, 0.3) is 0 Å². The van der Waals surface area contributed by atoms with Crippen molar-refractivity contribution < 1.29 is 14.3 Å². The molecule has 0 amide bonds. The van der Waals surface area contributed by atoms with Crippen molar-refractivity contribution in [2.24, 2.45) is 34.5 Å². The number of hydrogen-bond donors (Lipinski definition) is 0. The van der Waals surface area contributed by atoms with E-state index in [9.17, 15) is 9.59 Å². The average molecular weight is 422 g/mol. The summed E-state index contributed by atoms with van der Waals surface area (Å²) in [6.45, 7) is 6.36. The minimum Gasteiger partial charge on any atom is -0.462 e. The monoisotopic (exact) mass is 421 g/mol. The van der Waals surface area contributed by atoms with Crippen LogP contribution in [0.4, 0.5) is 0 Å². The highest BCUT2D eigenvalue weighted by Gasteiger charge is 2.61. The van der Waals surface area contributed by atoms with Crippen LogP contribution in [0, 0.1) is 34.5 Å². The van der Waals surface area contributed by atoms with Gasteiger partial charge in [0.05, 0.1) is 0 Å². The van der Waals surface area contributed by atoms with Gasteiger partial charge in [-0.15, -0.1) is 0 Å². The summed E-state index contributed by atoms with van der Waals surface area (Å²) in [6, 6.07) is 6.03. The molecule has 0 aromatic carbocycles. The lowest BCUT2D eigenvalue weighted by Crippen LogP contribution is -2.50. The molecule has 0 N–H and O–H groups in total. The third-order valence-corrected chi connectivity index (χ3v) is 9.57. The van der Waals surface area contributed by atoms with E-state index in [1.54, 1.807) is 0 Å². The van der Waals surface area contributed by atoms with Crippen molar-refractivity contribution in [3.63, 3.8) is 0 Å². The van der Waals surface area contributed by atoms with Crippen LogP contribution >= 0.6 is 0 Å². The van der Waals surface area contributed by atoms with Crippen molar-refractivity contribution >= 4 is 11.8 Å². The number of carbonyl (C=O) groups excluding carboxylic acids is 2. The van der Waals surface area contributed by atoms with Crippen LogP contribution < -0.4 is 0 Å². The molecule has 0 radical (unpaired) electrons. The van der Waals surface area contributed by atoms with E-state index >= 15 is 0 Å². The second kappa shape index (κ2) is 7.56. The Bertz CT molecular complexity index is 908. The number of esters is 1. The van der Waals surface area contributed by atoms with Gasteiger partial charge >= 0.3 is 5.97 Å². The Hall–Kier alpha value is -1.97. The summed E-state index contributed by atoms with van der Waals surface area (Å²) in [6.07, 6.45) is 12.2. The van der Waals surface area contributed by atoms with Gasteiger partial charge in [-0.05, 0) is 79.2 Å². The van der Waals surface area contributed by atoms with Crippen molar-refractivity contribution in [3.8, 4) is 0 Å². The van der Waals surface area contributed by atoms with Crippen LogP contribution in [0.3, 0.4) is 0 Å². The van der Waals surface area contributed by atoms with E-state index in [0.29, 0.717) is 23.5 Å². The van der Waals surface area contributed by atoms with Gasteiger partial charge < -0.3 is 4.74 Å². The molecule has 7 atom stereocenters. The summed E-state index contributed by atoms with van der Waals surface area (Å²) in [5.41, 5.74) is 2.84. The lowest BCUT2D eigenvalue weighted by atomic mass is 9.47. The van der Waals surface area contributed by atoms with Gasteiger partial charge in [0.1, 0.15) is 11.9 Å². The highest BCUT2D eigenvalue weighted by atomic mass is 16.5. The third kappa shape index (κ3) is 3.37. The lowest BCUT2D eigenvalue weighted by Gasteiger charge is -2.57. The number of Topliss-reactive ketones (excluding diaryl/α,β-unsaturated/α-hetero) is 1. The van der Waals surface area contributed by atoms with E-state index in [-0.39, 0.29) is 28.8 Å². The third-order valence-electron chi connectivity index (χ3n) is 9.57. The molecule has 4 aliphatic carbocycles. The molecule has 0 aliphatic heterocycles. The summed E-state index contributed by atoms with van der Waals surface area (Å²) in [4.78, 5) is 29.2. The van der Waals surface area contributed by atoms with Crippen LogP contribution in [-0.4, -0.2) is 22.8 Å². The maximum atomic E-state index is 13.2. The molecule has 0 unspecified atom stereocenters. The Morgan fingerprint density at radius 2 is 2.00 bits per heavy atom. The van der Waals surface area contributed by atoms with E-state index < -0.39 is 0 Å². The molecule has 4 nitrogen and oxygen atoms in total. The summed E-state index contributed by atoms with van der Waals surface area (Å²) in [7, 11) is 0. The molecular formula is C27H35NO3. The summed E-state index contributed by atoms with van der Waals surface area (Å²) < 4.78 is 5.56. The first-order chi connectivity index (χ1) is 14.8. The van der Waals surface area contributed by atoms with Crippen molar-refractivity contribution in [3.05, 3.63) is 41.7 Å². The van der Waals surface area contributed by atoms with Gasteiger partial charge in [-0.2, -0.15) is 0 Å². The van der Waals surface area contributed by atoms with E-state index in [1.165, 1.54) is 18.9 Å². The molecule has 0 spiro atoms. The fourth-order valence-electron chi connectivity index (χ4n) is 7.93. The van der Waals surface area contributed by atoms with E-state index in [0.717, 1.165) is 50.6 Å². The van der Waals surface area contributed by atoms with E-state index in [4.69, 9.17) is 4.74 Å². The van der Waals surface area contributed by atoms with Gasteiger partial charge in [0.15, 0.2) is 0 Å². The largest absolute Gasteiger partial charge is 0.462 e. The smallest absolute Gasteiger partial charge is 0.302 e. The van der Waals surface area contributed by atoms with Crippen LogP contribution in [0.15, 0.2) is 36.0 Å². The molecular weight excluding hydrogens is 386 g/mol. The molecule has 1 heterocycles. The van der Waals surface area contributed by atoms with Crippen LogP contribution in [0.1, 0.15) is 71.4 Å². The number of aromatic nitrogens is 1. The standard InChI is InChI=1S/C27H35NO3/c1-17(29)31-20-9-11-26(2)18(14-20)7-8-21-22(26)10-12-27(3)23(21)16-25(30)24(27)15-19-6-4-5-13-28-19/h4-7,13,20-24H,8-12,14-16H2,1-3H3/t20-,21+,22-,23-,24-,26-,27-/m0/s1. The van der Waals surface area contributed by atoms with E-state index in [1.807, 2.05) is 18.3 Å². The average Bonchev–Trinajstić information content (AvgIpc) is 2.99. The molecule has 1 aromatic rings. The summed E-state index contributed by atoms with van der Waals surface area (Å²) >= 11 is 0. The quantitative estimate of drug-likeness (QED) is 0.490. The molecule has 0 saturated heterocycles. The molecule has 1 aromatic heterocycles. The maximum Gasteiger partial charge on any atom is 0.302 e. The van der Waals surface area contributed by atoms with Crippen molar-refractivity contribution in [2.75, 3.05) is 0 Å². The van der Waals surface area contributed by atoms with Crippen molar-refractivity contribution in [2.45, 2.75) is 78.2 Å². The van der Waals surface area contributed by atoms with Gasteiger partial charge in [-0.1, -0.05) is 31.6 Å². The lowest BCUT2D eigenvalue weighted by molar-refractivity contribution is -0.148. The summed E-state index contributed by atoms with van der Waals surface area (Å²) in [5, 5.41) is 0. The van der Waals surface area contributed by atoms with Gasteiger partial charge in [0, 0.05) is 37.6 Å². The number of allylic oxidation sites excluding steroid dienone is 1. The molecule has 3 saturated carbocycles. The first kappa shape index (κ1) is 20.9. The molecule has 5 rings (SSSR count). The highest BCUT2D eigenvalue weighted by Crippen LogP contribution is 2.65. The minimum atomic E-state index is -0.167. The molecule has 4 heteroatoms. The Morgan fingerprint density at radius 1 is 1.16 bits per heavy atom. The number of rotatable bonds is 3. The van der Waals surface area contributed by atoms with Crippen molar-refractivity contribution in [1.29, 1.82) is 0 Å². The number of fused-ring (bicyclic) bond motifs is 5. The predicted octanol–water partition coefficient (Wildman–Crippen LogP) is 5.31. The number of nitrogens with zero attached hydrogens (tertiary/aromatic N) is 1.